The number of halogens is 5. The van der Waals surface area contributed by atoms with Gasteiger partial charge in [0.05, 0.1) is 34.1 Å². The monoisotopic (exact) mass is 534 g/mol. The highest BCUT2D eigenvalue weighted by atomic mass is 35.7. The molecule has 0 radical (unpaired) electrons. The zero-order valence-electron chi connectivity index (χ0n) is 17.0. The van der Waals surface area contributed by atoms with E-state index in [9.17, 15) is 26.4 Å². The summed E-state index contributed by atoms with van der Waals surface area (Å²) in [7, 11) is 0.779. The minimum Gasteiger partial charge on any atom is -0.327 e. The largest absolute Gasteiger partial charge is 0.417 e. The maximum absolute atomic E-state index is 13.3. The number of carbonyl (C=O) groups is 1. The highest BCUT2D eigenvalue weighted by molar-refractivity contribution is 8.09. The fourth-order valence-electron chi connectivity index (χ4n) is 3.77. The molecular weight excluding hydrogens is 520 g/mol. The van der Waals surface area contributed by atoms with Crippen molar-refractivity contribution in [1.82, 2.24) is 19.4 Å². The molecule has 8 nitrogen and oxygen atoms in total. The molecule has 1 unspecified atom stereocenters. The maximum Gasteiger partial charge on any atom is 0.417 e. The van der Waals surface area contributed by atoms with E-state index in [-0.39, 0.29) is 18.5 Å². The number of hydrogen-bond donors (Lipinski definition) is 0. The lowest BCUT2D eigenvalue weighted by Gasteiger charge is -2.35. The molecule has 0 aliphatic carbocycles. The highest BCUT2D eigenvalue weighted by Crippen LogP contribution is 2.38. The van der Waals surface area contributed by atoms with Gasteiger partial charge < -0.3 is 4.90 Å². The molecule has 14 heteroatoms. The van der Waals surface area contributed by atoms with E-state index in [4.69, 9.17) is 26.5 Å². The van der Waals surface area contributed by atoms with Crippen LogP contribution in [0.5, 0.6) is 0 Å². The number of amides is 1. The first kappa shape index (κ1) is 24.5. The van der Waals surface area contributed by atoms with E-state index in [0.29, 0.717) is 17.2 Å². The van der Waals surface area contributed by atoms with Crippen LogP contribution in [0.4, 0.5) is 13.2 Å². The highest BCUT2D eigenvalue weighted by Gasteiger charge is 2.39. The van der Waals surface area contributed by atoms with E-state index in [0.717, 1.165) is 18.2 Å². The molecule has 1 aliphatic rings. The lowest BCUT2D eigenvalue weighted by atomic mass is 10.0. The van der Waals surface area contributed by atoms with Gasteiger partial charge in [-0.1, -0.05) is 23.7 Å². The third kappa shape index (κ3) is 4.90. The first-order valence-corrected chi connectivity index (χ1v) is 12.3. The minimum absolute atomic E-state index is 0.0211. The van der Waals surface area contributed by atoms with Gasteiger partial charge in [-0.25, -0.2) is 9.97 Å². The van der Waals surface area contributed by atoms with Gasteiger partial charge in [-0.3, -0.25) is 13.5 Å². The summed E-state index contributed by atoms with van der Waals surface area (Å²) >= 11 is 5.95. The second-order valence-electron chi connectivity index (χ2n) is 7.24. The quantitative estimate of drug-likeness (QED) is 0.456. The van der Waals surface area contributed by atoms with Crippen LogP contribution in [0.2, 0.25) is 5.02 Å². The molecule has 0 spiro atoms. The summed E-state index contributed by atoms with van der Waals surface area (Å²) in [6.07, 6.45) is -1.46. The molecular formula is C20H15Cl2F3N4O4S. The van der Waals surface area contributed by atoms with Gasteiger partial charge in [0.15, 0.2) is 0 Å². The number of alkyl halides is 3. The van der Waals surface area contributed by atoms with E-state index in [1.807, 2.05) is 0 Å². The van der Waals surface area contributed by atoms with Crippen molar-refractivity contribution in [3.8, 4) is 5.82 Å². The lowest BCUT2D eigenvalue weighted by molar-refractivity contribution is -0.137. The molecule has 3 heterocycles. The molecule has 1 aliphatic heterocycles. The van der Waals surface area contributed by atoms with Crippen LogP contribution < -0.4 is 0 Å². The van der Waals surface area contributed by atoms with Crippen molar-refractivity contribution >= 4 is 37.5 Å². The van der Waals surface area contributed by atoms with Gasteiger partial charge in [0.25, 0.3) is 5.91 Å². The maximum atomic E-state index is 13.3. The minimum atomic E-state index is -4.76. The SMILES string of the molecule is O=C(c1cccc(C(F)(F)F)c1Cl)N1CCc2c(ncn2-c2ccccn2)C1COS(=O)(=O)Cl. The summed E-state index contributed by atoms with van der Waals surface area (Å²) in [4.78, 5) is 23.1. The molecule has 180 valence electrons. The van der Waals surface area contributed by atoms with Gasteiger partial charge in [0.2, 0.25) is 0 Å². The Kier molecular flexibility index (Phi) is 6.60. The van der Waals surface area contributed by atoms with Crippen LogP contribution in [0, 0.1) is 0 Å². The fourth-order valence-corrected chi connectivity index (χ4v) is 4.53. The van der Waals surface area contributed by atoms with Gasteiger partial charge in [-0.2, -0.15) is 21.6 Å². The van der Waals surface area contributed by atoms with E-state index >= 15 is 0 Å². The Bertz CT molecular complexity index is 1330. The van der Waals surface area contributed by atoms with Gasteiger partial charge in [0, 0.05) is 29.8 Å². The van der Waals surface area contributed by atoms with Crippen LogP contribution in [0.1, 0.15) is 33.4 Å². The van der Waals surface area contributed by atoms with E-state index in [1.165, 1.54) is 11.2 Å². The average molecular weight is 535 g/mol. The van der Waals surface area contributed by atoms with Crippen molar-refractivity contribution in [2.24, 2.45) is 0 Å². The normalized spacial score (nSPS) is 16.4. The van der Waals surface area contributed by atoms with Crippen LogP contribution in [-0.2, 0) is 26.1 Å². The summed E-state index contributed by atoms with van der Waals surface area (Å²) in [5, 5.41) is -0.755. The first-order chi connectivity index (χ1) is 16.0. The van der Waals surface area contributed by atoms with Gasteiger partial charge in [-0.15, -0.1) is 0 Å². The van der Waals surface area contributed by atoms with E-state index in [1.54, 1.807) is 29.0 Å². The second kappa shape index (κ2) is 9.17. The van der Waals surface area contributed by atoms with Crippen LogP contribution in [0.25, 0.3) is 5.82 Å². The van der Waals surface area contributed by atoms with Crippen molar-refractivity contribution in [2.45, 2.75) is 18.6 Å². The van der Waals surface area contributed by atoms with E-state index < -0.39 is 44.6 Å². The van der Waals surface area contributed by atoms with Gasteiger partial charge in [0.1, 0.15) is 18.2 Å². The number of pyridine rings is 1. The Morgan fingerprint density at radius 1 is 1.18 bits per heavy atom. The van der Waals surface area contributed by atoms with Crippen LogP contribution in [-0.4, -0.2) is 46.9 Å². The number of imidazole rings is 1. The van der Waals surface area contributed by atoms with Gasteiger partial charge in [-0.05, 0) is 24.3 Å². The molecule has 0 bridgehead atoms. The van der Waals surface area contributed by atoms with Crippen LogP contribution >= 0.6 is 22.3 Å². The Balaban J connectivity index is 1.75. The molecule has 0 saturated carbocycles. The molecule has 3 aromatic rings. The number of benzene rings is 1. The Morgan fingerprint density at radius 2 is 1.94 bits per heavy atom. The number of nitrogens with zero attached hydrogens (tertiary/aromatic N) is 4. The van der Waals surface area contributed by atoms with Crippen LogP contribution in [0.15, 0.2) is 48.9 Å². The summed E-state index contributed by atoms with van der Waals surface area (Å²) in [6, 6.07) is 7.16. The third-order valence-electron chi connectivity index (χ3n) is 5.24. The molecule has 0 saturated heterocycles. The summed E-state index contributed by atoms with van der Waals surface area (Å²) in [5.74, 6) is -0.295. The topological polar surface area (TPSA) is 94.4 Å². The van der Waals surface area contributed by atoms with Crippen molar-refractivity contribution in [2.75, 3.05) is 13.2 Å². The molecule has 1 aromatic carbocycles. The molecule has 34 heavy (non-hydrogen) atoms. The van der Waals surface area contributed by atoms with Crippen molar-refractivity contribution in [3.63, 3.8) is 0 Å². The Hall–Kier alpha value is -2.67. The van der Waals surface area contributed by atoms with Crippen molar-refractivity contribution < 1.29 is 30.6 Å². The zero-order valence-corrected chi connectivity index (χ0v) is 19.4. The van der Waals surface area contributed by atoms with Crippen molar-refractivity contribution in [1.29, 1.82) is 0 Å². The first-order valence-electron chi connectivity index (χ1n) is 9.70. The molecule has 2 aromatic heterocycles. The number of hydrogen-bond acceptors (Lipinski definition) is 6. The number of aromatic nitrogens is 3. The predicted octanol–water partition coefficient (Wildman–Crippen LogP) is 4.18. The third-order valence-corrected chi connectivity index (χ3v) is 6.33. The lowest BCUT2D eigenvalue weighted by Crippen LogP contribution is -2.43. The summed E-state index contributed by atoms with van der Waals surface area (Å²) in [6.45, 7) is -0.576. The number of rotatable bonds is 5. The predicted molar refractivity (Wildman–Crippen MR) is 116 cm³/mol. The Morgan fingerprint density at radius 3 is 2.59 bits per heavy atom. The molecule has 1 atom stereocenters. The molecule has 0 fully saturated rings. The number of fused-ring (bicyclic) bond motifs is 1. The molecule has 0 N–H and O–H groups in total. The summed E-state index contributed by atoms with van der Waals surface area (Å²) < 4.78 is 69.1. The van der Waals surface area contributed by atoms with E-state index in [2.05, 4.69) is 9.97 Å². The Labute approximate surface area is 201 Å². The number of carbonyl (C=O) groups excluding carboxylic acids is 1. The standard InChI is InChI=1S/C20H15Cl2F3N4O4S/c21-17-12(4-3-5-13(17)20(23,24)25)19(30)28-9-7-14-18(15(28)10-33-34(22,31)32)27-11-29(14)16-6-1-2-8-26-16/h1-6,8,11,15H,7,9-10H2. The zero-order chi connectivity index (χ0) is 24.7. The second-order valence-corrected chi connectivity index (χ2v) is 9.78. The van der Waals surface area contributed by atoms with Crippen molar-refractivity contribution in [3.05, 3.63) is 76.5 Å². The smallest absolute Gasteiger partial charge is 0.327 e. The summed E-state index contributed by atoms with van der Waals surface area (Å²) in [5.41, 5.74) is -0.608. The fraction of sp³-hybridized carbons (Fsp3) is 0.250. The molecule has 4 rings (SSSR count). The average Bonchev–Trinajstić information content (AvgIpc) is 3.21. The van der Waals surface area contributed by atoms with Gasteiger partial charge >= 0.3 is 15.5 Å². The van der Waals surface area contributed by atoms with Crippen LogP contribution in [0.3, 0.4) is 0 Å². The molecule has 1 amide bonds.